The molecular weight excluding hydrogens is 280 g/mol. The van der Waals surface area contributed by atoms with Gasteiger partial charge in [0.25, 0.3) is 5.91 Å². The quantitative estimate of drug-likeness (QED) is 0.908. The zero-order valence-electron chi connectivity index (χ0n) is 10.4. The van der Waals surface area contributed by atoms with Crippen LogP contribution in [0, 0.1) is 0 Å². The molecule has 0 unspecified atom stereocenters. The third-order valence-corrected chi connectivity index (χ3v) is 4.21. The van der Waals surface area contributed by atoms with E-state index >= 15 is 0 Å². The molecular formula is C14H13ClN2OS. The number of rotatable bonds is 2. The van der Waals surface area contributed by atoms with Gasteiger partial charge in [-0.15, -0.1) is 0 Å². The Bertz CT molecular complexity index is 612. The van der Waals surface area contributed by atoms with Crippen LogP contribution in [0.3, 0.4) is 0 Å². The molecule has 1 atom stereocenters. The van der Waals surface area contributed by atoms with E-state index in [-0.39, 0.29) is 12.1 Å². The van der Waals surface area contributed by atoms with Gasteiger partial charge in [0.2, 0.25) is 0 Å². The number of fused-ring (bicyclic) bond motifs is 1. The normalized spacial score (nSPS) is 18.1. The van der Waals surface area contributed by atoms with Gasteiger partial charge in [-0.05, 0) is 41.9 Å². The highest BCUT2D eigenvalue weighted by molar-refractivity contribution is 7.08. The van der Waals surface area contributed by atoms with Crippen LogP contribution in [0.1, 0.15) is 29.0 Å². The van der Waals surface area contributed by atoms with Crippen LogP contribution >= 0.6 is 22.9 Å². The molecule has 0 saturated carbocycles. The Morgan fingerprint density at radius 3 is 2.95 bits per heavy atom. The Balaban J connectivity index is 2.07. The number of thiophene rings is 1. The molecule has 1 aliphatic rings. The maximum atomic E-state index is 12.5. The summed E-state index contributed by atoms with van der Waals surface area (Å²) in [5.41, 5.74) is 2.59. The smallest absolute Gasteiger partial charge is 0.257 e. The van der Waals surface area contributed by atoms with Gasteiger partial charge in [-0.3, -0.25) is 4.79 Å². The Hall–Kier alpha value is -1.52. The molecule has 3 rings (SSSR count). The number of nitrogens with zero attached hydrogens (tertiary/aromatic N) is 1. The van der Waals surface area contributed by atoms with E-state index in [4.69, 9.17) is 11.6 Å². The molecule has 5 heteroatoms. The molecule has 1 aromatic heterocycles. The predicted molar refractivity (Wildman–Crippen MR) is 78.8 cm³/mol. The van der Waals surface area contributed by atoms with Crippen molar-refractivity contribution in [1.29, 1.82) is 0 Å². The molecule has 1 aliphatic heterocycles. The van der Waals surface area contributed by atoms with Crippen molar-refractivity contribution in [2.75, 3.05) is 11.9 Å². The first-order chi connectivity index (χ1) is 9.20. The molecule has 1 N–H and O–H groups in total. The molecule has 1 amide bonds. The number of hydrogen-bond acceptors (Lipinski definition) is 3. The van der Waals surface area contributed by atoms with Crippen LogP contribution in [0.2, 0.25) is 5.02 Å². The zero-order valence-corrected chi connectivity index (χ0v) is 12.0. The number of amides is 1. The maximum absolute atomic E-state index is 12.5. The third kappa shape index (κ3) is 2.11. The van der Waals surface area contributed by atoms with Crippen LogP contribution in [0.5, 0.6) is 0 Å². The van der Waals surface area contributed by atoms with Crippen molar-refractivity contribution >= 4 is 34.5 Å². The Kier molecular flexibility index (Phi) is 3.21. The van der Waals surface area contributed by atoms with Gasteiger partial charge in [-0.2, -0.15) is 11.3 Å². The van der Waals surface area contributed by atoms with E-state index in [1.165, 1.54) is 0 Å². The van der Waals surface area contributed by atoms with Gasteiger partial charge >= 0.3 is 0 Å². The molecule has 0 saturated heterocycles. The molecule has 0 fully saturated rings. The van der Waals surface area contributed by atoms with E-state index in [0.717, 1.165) is 11.3 Å². The van der Waals surface area contributed by atoms with Crippen molar-refractivity contribution < 1.29 is 4.79 Å². The monoisotopic (exact) mass is 292 g/mol. The first-order valence-electron chi connectivity index (χ1n) is 6.10. The van der Waals surface area contributed by atoms with Crippen LogP contribution in [0.15, 0.2) is 35.0 Å². The van der Waals surface area contributed by atoms with E-state index in [1.807, 2.05) is 23.3 Å². The number of hydrogen-bond donors (Lipinski definition) is 1. The summed E-state index contributed by atoms with van der Waals surface area (Å²) < 4.78 is 0. The van der Waals surface area contributed by atoms with E-state index in [1.54, 1.807) is 29.5 Å². The van der Waals surface area contributed by atoms with Crippen molar-refractivity contribution in [1.82, 2.24) is 4.90 Å². The van der Waals surface area contributed by atoms with Crippen molar-refractivity contribution in [3.63, 3.8) is 0 Å². The van der Waals surface area contributed by atoms with Crippen molar-refractivity contribution in [2.45, 2.75) is 13.1 Å². The summed E-state index contributed by atoms with van der Waals surface area (Å²) in [5.74, 6) is 0.0455. The fraction of sp³-hybridized carbons (Fsp3) is 0.214. The summed E-state index contributed by atoms with van der Waals surface area (Å²) in [6.45, 7) is 2.65. The minimum atomic E-state index is -0.116. The molecule has 98 valence electrons. The third-order valence-electron chi connectivity index (χ3n) is 3.28. The Morgan fingerprint density at radius 2 is 2.26 bits per heavy atom. The molecule has 3 nitrogen and oxygen atoms in total. The van der Waals surface area contributed by atoms with Crippen molar-refractivity contribution in [2.24, 2.45) is 0 Å². The molecule has 2 heterocycles. The number of halogens is 1. The van der Waals surface area contributed by atoms with E-state index in [9.17, 15) is 4.79 Å². The van der Waals surface area contributed by atoms with Crippen LogP contribution in [0.25, 0.3) is 0 Å². The minimum Gasteiger partial charge on any atom is -0.361 e. The van der Waals surface area contributed by atoms with Gasteiger partial charge in [0.05, 0.1) is 11.3 Å². The summed E-state index contributed by atoms with van der Waals surface area (Å²) in [7, 11) is 0. The molecule has 0 radical (unpaired) electrons. The molecule has 0 spiro atoms. The van der Waals surface area contributed by atoms with Gasteiger partial charge in [0, 0.05) is 17.1 Å². The fourth-order valence-corrected chi connectivity index (χ4v) is 3.19. The Morgan fingerprint density at radius 1 is 1.42 bits per heavy atom. The minimum absolute atomic E-state index is 0.0455. The van der Waals surface area contributed by atoms with E-state index < -0.39 is 0 Å². The van der Waals surface area contributed by atoms with Gasteiger partial charge in [-0.25, -0.2) is 0 Å². The summed E-state index contributed by atoms with van der Waals surface area (Å²) in [5, 5.41) is 8.11. The second kappa shape index (κ2) is 4.87. The zero-order chi connectivity index (χ0) is 13.4. The molecule has 0 bridgehead atoms. The largest absolute Gasteiger partial charge is 0.361 e. The average Bonchev–Trinajstić information content (AvgIpc) is 2.91. The number of carbonyl (C=O) groups excluding carboxylic acids is 1. The topological polar surface area (TPSA) is 32.3 Å². The number of benzene rings is 1. The first-order valence-corrected chi connectivity index (χ1v) is 7.42. The van der Waals surface area contributed by atoms with Gasteiger partial charge in [0.1, 0.15) is 6.17 Å². The number of anilines is 1. The van der Waals surface area contributed by atoms with Gasteiger partial charge in [0.15, 0.2) is 0 Å². The lowest BCUT2D eigenvalue weighted by Crippen LogP contribution is -2.42. The van der Waals surface area contributed by atoms with Crippen LogP contribution in [-0.2, 0) is 0 Å². The fourth-order valence-electron chi connectivity index (χ4n) is 2.34. The highest BCUT2D eigenvalue weighted by Gasteiger charge is 2.31. The molecule has 2 aromatic rings. The summed E-state index contributed by atoms with van der Waals surface area (Å²) in [6, 6.07) is 7.37. The van der Waals surface area contributed by atoms with Crippen molar-refractivity contribution in [3.05, 3.63) is 51.2 Å². The number of nitrogens with one attached hydrogen (secondary N) is 1. The number of carbonyl (C=O) groups is 1. The molecule has 0 aliphatic carbocycles. The lowest BCUT2D eigenvalue weighted by atomic mass is 10.1. The molecule has 1 aromatic carbocycles. The highest BCUT2D eigenvalue weighted by Crippen LogP contribution is 2.34. The first kappa shape index (κ1) is 12.5. The van der Waals surface area contributed by atoms with Crippen LogP contribution < -0.4 is 5.32 Å². The van der Waals surface area contributed by atoms with Crippen LogP contribution in [-0.4, -0.2) is 17.4 Å². The van der Waals surface area contributed by atoms with Crippen LogP contribution in [0.4, 0.5) is 5.69 Å². The second-order valence-electron chi connectivity index (χ2n) is 4.38. The van der Waals surface area contributed by atoms with E-state index in [0.29, 0.717) is 17.1 Å². The Labute approximate surface area is 120 Å². The SMILES string of the molecule is CCN1C(=O)c2ccc(Cl)cc2N[C@H]1c1ccsc1. The second-order valence-corrected chi connectivity index (χ2v) is 5.60. The van der Waals surface area contributed by atoms with Gasteiger partial charge < -0.3 is 10.2 Å². The maximum Gasteiger partial charge on any atom is 0.257 e. The standard InChI is InChI=1S/C14H13ClN2OS/c1-2-17-13(9-5-6-19-8-9)16-12-7-10(15)3-4-11(12)14(17)18/h3-8,13,16H,2H2,1H3/t13-/m1/s1. The van der Waals surface area contributed by atoms with Crippen molar-refractivity contribution in [3.8, 4) is 0 Å². The van der Waals surface area contributed by atoms with Gasteiger partial charge in [-0.1, -0.05) is 11.6 Å². The summed E-state index contributed by atoms with van der Waals surface area (Å²) >= 11 is 7.63. The molecule has 19 heavy (non-hydrogen) atoms. The highest BCUT2D eigenvalue weighted by atomic mass is 35.5. The average molecular weight is 293 g/mol. The van der Waals surface area contributed by atoms with E-state index in [2.05, 4.69) is 10.7 Å². The lowest BCUT2D eigenvalue weighted by Gasteiger charge is -2.37. The summed E-state index contributed by atoms with van der Waals surface area (Å²) in [6.07, 6.45) is -0.116. The summed E-state index contributed by atoms with van der Waals surface area (Å²) in [4.78, 5) is 14.3. The predicted octanol–water partition coefficient (Wildman–Crippen LogP) is 3.99. The lowest BCUT2D eigenvalue weighted by molar-refractivity contribution is 0.0695.